The Morgan fingerprint density at radius 1 is 1.16 bits per heavy atom. The molecule has 2 atom stereocenters. The van der Waals surface area contributed by atoms with Gasteiger partial charge in [0, 0.05) is 24.7 Å². The quantitative estimate of drug-likeness (QED) is 0.570. The maximum atomic E-state index is 12.7. The number of nitrogens with zero attached hydrogens (tertiary/aromatic N) is 1. The molecular weight excluding hydrogens is 454 g/mol. The van der Waals surface area contributed by atoms with Crippen molar-refractivity contribution >= 4 is 27.5 Å². The van der Waals surface area contributed by atoms with Crippen LogP contribution in [-0.2, 0) is 19.6 Å². The number of amides is 1. The number of hydrogen-bond acceptors (Lipinski definition) is 6. The lowest BCUT2D eigenvalue weighted by atomic mass is 10.0. The fourth-order valence-corrected chi connectivity index (χ4v) is 4.99. The molecule has 1 fully saturated rings. The van der Waals surface area contributed by atoms with Gasteiger partial charge in [0.05, 0.1) is 37.3 Å². The highest BCUT2D eigenvalue weighted by Crippen LogP contribution is 2.27. The van der Waals surface area contributed by atoms with Crippen LogP contribution in [-0.4, -0.2) is 65.2 Å². The molecule has 10 heteroatoms. The van der Waals surface area contributed by atoms with Crippen molar-refractivity contribution in [2.75, 3.05) is 40.0 Å². The van der Waals surface area contributed by atoms with Crippen LogP contribution in [0.1, 0.15) is 18.5 Å². The van der Waals surface area contributed by atoms with Crippen LogP contribution in [0.5, 0.6) is 5.75 Å². The molecule has 1 heterocycles. The number of ether oxygens (including phenoxy) is 2. The van der Waals surface area contributed by atoms with Gasteiger partial charge in [0.25, 0.3) is 0 Å². The van der Waals surface area contributed by atoms with Gasteiger partial charge >= 0.3 is 0 Å². The Labute approximate surface area is 193 Å². The normalized spacial score (nSPS) is 16.8. The van der Waals surface area contributed by atoms with E-state index in [-0.39, 0.29) is 17.5 Å². The predicted molar refractivity (Wildman–Crippen MR) is 122 cm³/mol. The SMILES string of the molecule is COc1ccc(S(=O)(=O)N[C@@H](C)C(=O)NCC(c2ccccc2Cl)N2CCOCC2)cc1. The van der Waals surface area contributed by atoms with Gasteiger partial charge < -0.3 is 14.8 Å². The van der Waals surface area contributed by atoms with E-state index in [0.29, 0.717) is 37.1 Å². The lowest BCUT2D eigenvalue weighted by Gasteiger charge is -2.35. The zero-order valence-electron chi connectivity index (χ0n) is 18.1. The van der Waals surface area contributed by atoms with Gasteiger partial charge in [-0.25, -0.2) is 8.42 Å². The number of carbonyl (C=O) groups excluding carboxylic acids is 1. The smallest absolute Gasteiger partial charge is 0.241 e. The van der Waals surface area contributed by atoms with Crippen molar-refractivity contribution in [2.45, 2.75) is 23.9 Å². The first-order valence-electron chi connectivity index (χ1n) is 10.3. The summed E-state index contributed by atoms with van der Waals surface area (Å²) in [5, 5.41) is 3.49. The minimum Gasteiger partial charge on any atom is -0.497 e. The summed E-state index contributed by atoms with van der Waals surface area (Å²) in [6.07, 6.45) is 0. The molecule has 3 rings (SSSR count). The molecule has 2 N–H and O–H groups in total. The van der Waals surface area contributed by atoms with Crippen LogP contribution in [0.4, 0.5) is 0 Å². The second-order valence-electron chi connectivity index (χ2n) is 7.45. The highest BCUT2D eigenvalue weighted by atomic mass is 35.5. The van der Waals surface area contributed by atoms with Crippen LogP contribution in [0.15, 0.2) is 53.4 Å². The van der Waals surface area contributed by atoms with Gasteiger partial charge in [-0.05, 0) is 42.8 Å². The number of benzene rings is 2. The van der Waals surface area contributed by atoms with E-state index in [1.807, 2.05) is 24.3 Å². The van der Waals surface area contributed by atoms with E-state index in [2.05, 4.69) is 14.9 Å². The monoisotopic (exact) mass is 481 g/mol. The van der Waals surface area contributed by atoms with Crippen LogP contribution < -0.4 is 14.8 Å². The first-order chi connectivity index (χ1) is 15.3. The molecule has 2 aromatic carbocycles. The highest BCUT2D eigenvalue weighted by molar-refractivity contribution is 7.89. The van der Waals surface area contributed by atoms with Gasteiger partial charge in [-0.3, -0.25) is 9.69 Å². The lowest BCUT2D eigenvalue weighted by Crippen LogP contribution is -2.48. The molecule has 0 spiro atoms. The largest absolute Gasteiger partial charge is 0.497 e. The Kier molecular flexibility index (Phi) is 8.50. The standard InChI is InChI=1S/C22H28ClN3O5S/c1-16(25-32(28,29)18-9-7-17(30-2)8-10-18)22(27)24-15-21(26-11-13-31-14-12-26)19-5-3-4-6-20(19)23/h3-10,16,21,25H,11-15H2,1-2H3,(H,24,27)/t16-,21?/m0/s1. The average Bonchev–Trinajstić information content (AvgIpc) is 2.80. The van der Waals surface area contributed by atoms with Crippen LogP contribution in [0.2, 0.25) is 5.02 Å². The summed E-state index contributed by atoms with van der Waals surface area (Å²) >= 11 is 6.42. The summed E-state index contributed by atoms with van der Waals surface area (Å²) in [6.45, 7) is 4.43. The van der Waals surface area contributed by atoms with E-state index in [1.54, 1.807) is 12.1 Å². The second kappa shape index (κ2) is 11.1. The molecule has 0 radical (unpaired) electrons. The zero-order valence-corrected chi connectivity index (χ0v) is 19.7. The molecule has 0 aliphatic carbocycles. The first kappa shape index (κ1) is 24.5. The third kappa shape index (κ3) is 6.20. The topological polar surface area (TPSA) is 97.0 Å². The molecule has 1 unspecified atom stereocenters. The molecule has 174 valence electrons. The van der Waals surface area contributed by atoms with Gasteiger partial charge in [-0.1, -0.05) is 29.8 Å². The third-order valence-corrected chi connectivity index (χ3v) is 7.22. The van der Waals surface area contributed by atoms with Crippen molar-refractivity contribution in [1.82, 2.24) is 14.9 Å². The highest BCUT2D eigenvalue weighted by Gasteiger charge is 2.27. The predicted octanol–water partition coefficient (Wildman–Crippen LogP) is 2.21. The zero-order chi connectivity index (χ0) is 23.1. The summed E-state index contributed by atoms with van der Waals surface area (Å²) in [6, 6.07) is 12.4. The van der Waals surface area contributed by atoms with Crippen molar-refractivity contribution in [1.29, 1.82) is 0 Å². The summed E-state index contributed by atoms with van der Waals surface area (Å²) in [5.41, 5.74) is 0.905. The molecule has 2 aromatic rings. The van der Waals surface area contributed by atoms with Crippen LogP contribution >= 0.6 is 11.6 Å². The van der Waals surface area contributed by atoms with Gasteiger partial charge in [0.1, 0.15) is 5.75 Å². The molecule has 1 aliphatic rings. The number of hydrogen-bond donors (Lipinski definition) is 2. The van der Waals surface area contributed by atoms with E-state index < -0.39 is 22.0 Å². The van der Waals surface area contributed by atoms with E-state index in [4.69, 9.17) is 21.1 Å². The molecule has 1 saturated heterocycles. The van der Waals surface area contributed by atoms with Crippen molar-refractivity contribution in [3.05, 3.63) is 59.1 Å². The van der Waals surface area contributed by atoms with E-state index >= 15 is 0 Å². The van der Waals surface area contributed by atoms with E-state index in [9.17, 15) is 13.2 Å². The fourth-order valence-electron chi connectivity index (χ4n) is 3.53. The van der Waals surface area contributed by atoms with Crippen LogP contribution in [0, 0.1) is 0 Å². The van der Waals surface area contributed by atoms with Crippen molar-refractivity contribution < 1.29 is 22.7 Å². The Balaban J connectivity index is 1.66. The minimum absolute atomic E-state index is 0.0558. The Morgan fingerprint density at radius 2 is 1.81 bits per heavy atom. The minimum atomic E-state index is -3.86. The number of sulfonamides is 1. The maximum Gasteiger partial charge on any atom is 0.241 e. The summed E-state index contributed by atoms with van der Waals surface area (Å²) < 4.78 is 38.2. The van der Waals surface area contributed by atoms with Crippen LogP contribution in [0.25, 0.3) is 0 Å². The summed E-state index contributed by atoms with van der Waals surface area (Å²) in [7, 11) is -2.36. The Bertz CT molecular complexity index is 1010. The second-order valence-corrected chi connectivity index (χ2v) is 9.57. The number of methoxy groups -OCH3 is 1. The molecular formula is C22H28ClN3O5S. The molecule has 8 nitrogen and oxygen atoms in total. The van der Waals surface area contributed by atoms with Gasteiger partial charge in [0.15, 0.2) is 0 Å². The van der Waals surface area contributed by atoms with Crippen molar-refractivity contribution in [2.24, 2.45) is 0 Å². The van der Waals surface area contributed by atoms with Crippen molar-refractivity contribution in [3.63, 3.8) is 0 Å². The Morgan fingerprint density at radius 3 is 2.44 bits per heavy atom. The average molecular weight is 482 g/mol. The van der Waals surface area contributed by atoms with Gasteiger partial charge in [-0.15, -0.1) is 0 Å². The maximum absolute atomic E-state index is 12.7. The molecule has 0 saturated carbocycles. The molecule has 0 aromatic heterocycles. The van der Waals surface area contributed by atoms with E-state index in [1.165, 1.54) is 26.2 Å². The summed E-state index contributed by atoms with van der Waals surface area (Å²) in [5.74, 6) is 0.121. The first-order valence-corrected chi connectivity index (χ1v) is 12.2. The summed E-state index contributed by atoms with van der Waals surface area (Å²) in [4.78, 5) is 15.0. The molecule has 1 amide bonds. The molecule has 1 aliphatic heterocycles. The number of nitrogens with one attached hydrogen (secondary N) is 2. The number of carbonyl (C=O) groups is 1. The number of halogens is 1. The third-order valence-electron chi connectivity index (χ3n) is 5.32. The van der Waals surface area contributed by atoms with Crippen LogP contribution in [0.3, 0.4) is 0 Å². The van der Waals surface area contributed by atoms with Gasteiger partial charge in [0.2, 0.25) is 15.9 Å². The molecule has 0 bridgehead atoms. The lowest BCUT2D eigenvalue weighted by molar-refractivity contribution is -0.122. The van der Waals surface area contributed by atoms with E-state index in [0.717, 1.165) is 5.56 Å². The Hall–Kier alpha value is -2.17. The number of morpholine rings is 1. The van der Waals surface area contributed by atoms with Crippen molar-refractivity contribution in [3.8, 4) is 5.75 Å². The number of rotatable bonds is 9. The molecule has 32 heavy (non-hydrogen) atoms. The van der Waals surface area contributed by atoms with Gasteiger partial charge in [-0.2, -0.15) is 4.72 Å². The fraction of sp³-hybridized carbons (Fsp3) is 0.409.